The number of carbonyl (C=O) groups excluding carboxylic acids is 1. The van der Waals surface area contributed by atoms with Crippen LogP contribution in [0.3, 0.4) is 0 Å². The van der Waals surface area contributed by atoms with E-state index >= 15 is 0 Å². The molecule has 5 heteroatoms. The minimum Gasteiger partial charge on any atom is -0.468 e. The molecule has 1 unspecified atom stereocenters. The van der Waals surface area contributed by atoms with Crippen molar-refractivity contribution in [2.24, 2.45) is 0 Å². The summed E-state index contributed by atoms with van der Waals surface area (Å²) < 4.78 is 12.3. The summed E-state index contributed by atoms with van der Waals surface area (Å²) in [7, 11) is -0.300. The largest absolute Gasteiger partial charge is 0.468 e. The lowest BCUT2D eigenvalue weighted by Crippen LogP contribution is -2.41. The maximum Gasteiger partial charge on any atom is 0.315 e. The van der Waals surface area contributed by atoms with E-state index in [1.807, 2.05) is 31.2 Å². The summed E-state index contributed by atoms with van der Waals surface area (Å²) in [6, 6.07) is 7.89. The average Bonchev–Trinajstić information content (AvgIpc) is 2.49. The van der Waals surface area contributed by atoms with Crippen molar-refractivity contribution in [3.8, 4) is 0 Å². The Bertz CT molecular complexity index is 566. The van der Waals surface area contributed by atoms with Crippen LogP contribution in [0.4, 0.5) is 0 Å². The molecule has 0 aliphatic rings. The van der Waals surface area contributed by atoms with E-state index in [1.165, 1.54) is 7.11 Å². The van der Waals surface area contributed by atoms with Gasteiger partial charge >= 0.3 is 5.97 Å². The molecule has 1 aromatic rings. The van der Waals surface area contributed by atoms with Gasteiger partial charge in [0.1, 0.15) is 0 Å². The maximum absolute atomic E-state index is 12.4. The number of hydrogen-bond donors (Lipinski definition) is 0. The quantitative estimate of drug-likeness (QED) is 0.326. The van der Waals surface area contributed by atoms with Crippen LogP contribution >= 0.6 is 15.9 Å². The number of carbonyl (C=O) groups is 1. The van der Waals surface area contributed by atoms with Gasteiger partial charge < -0.3 is 9.16 Å². The van der Waals surface area contributed by atoms with Gasteiger partial charge in [-0.2, -0.15) is 0 Å². The van der Waals surface area contributed by atoms with Gasteiger partial charge in [0, 0.05) is 11.1 Å². The average molecular weight is 415 g/mol. The zero-order valence-corrected chi connectivity index (χ0v) is 18.6. The zero-order chi connectivity index (χ0) is 18.6. The normalized spacial score (nSPS) is 15.0. The van der Waals surface area contributed by atoms with E-state index in [0.29, 0.717) is 13.0 Å². The number of benzene rings is 1. The Morgan fingerprint density at radius 3 is 2.33 bits per heavy atom. The van der Waals surface area contributed by atoms with E-state index in [1.54, 1.807) is 0 Å². The highest BCUT2D eigenvalue weighted by Gasteiger charge is 2.38. The van der Waals surface area contributed by atoms with Crippen molar-refractivity contribution in [1.29, 1.82) is 0 Å². The molecular formula is C19H31BrO3Si. The molecule has 0 saturated heterocycles. The molecule has 1 atom stereocenters. The third-order valence-electron chi connectivity index (χ3n) is 5.19. The predicted molar refractivity (Wildman–Crippen MR) is 106 cm³/mol. The molecule has 0 aliphatic carbocycles. The first-order valence-corrected chi connectivity index (χ1v) is 12.1. The van der Waals surface area contributed by atoms with E-state index < -0.39 is 13.7 Å². The van der Waals surface area contributed by atoms with Crippen molar-refractivity contribution < 1.29 is 14.0 Å². The van der Waals surface area contributed by atoms with E-state index in [0.717, 1.165) is 16.5 Å². The maximum atomic E-state index is 12.4. The van der Waals surface area contributed by atoms with Crippen molar-refractivity contribution in [3.63, 3.8) is 0 Å². The van der Waals surface area contributed by atoms with Gasteiger partial charge in [-0.3, -0.25) is 4.79 Å². The molecule has 1 rings (SSSR count). The highest BCUT2D eigenvalue weighted by Crippen LogP contribution is 2.37. The van der Waals surface area contributed by atoms with Crippen LogP contribution in [0.15, 0.2) is 28.7 Å². The molecular weight excluding hydrogens is 384 g/mol. The fourth-order valence-electron chi connectivity index (χ4n) is 2.39. The van der Waals surface area contributed by atoms with Crippen LogP contribution in [0.2, 0.25) is 18.1 Å². The Morgan fingerprint density at radius 2 is 1.83 bits per heavy atom. The molecule has 1 aromatic carbocycles. The van der Waals surface area contributed by atoms with Crippen molar-refractivity contribution in [3.05, 3.63) is 34.3 Å². The molecule has 0 bridgehead atoms. The molecule has 0 heterocycles. The third-order valence-corrected chi connectivity index (χ3v) is 10.2. The van der Waals surface area contributed by atoms with E-state index in [9.17, 15) is 4.79 Å². The number of halogens is 1. The highest BCUT2D eigenvalue weighted by molar-refractivity contribution is 9.10. The summed E-state index contributed by atoms with van der Waals surface area (Å²) in [4.78, 5) is 12.4. The molecule has 0 saturated carbocycles. The van der Waals surface area contributed by atoms with Gasteiger partial charge in [-0.1, -0.05) is 48.8 Å². The predicted octanol–water partition coefficient (Wildman–Crippen LogP) is 5.68. The van der Waals surface area contributed by atoms with Gasteiger partial charge in [0.05, 0.1) is 12.5 Å². The first-order valence-electron chi connectivity index (χ1n) is 8.42. The Balaban J connectivity index is 2.81. The summed E-state index contributed by atoms with van der Waals surface area (Å²) in [5, 5.41) is 0.197. The number of ether oxygens (including phenoxy) is 1. The molecule has 0 fully saturated rings. The molecule has 0 spiro atoms. The summed E-state index contributed by atoms with van der Waals surface area (Å²) in [6.45, 7) is 13.8. The zero-order valence-electron chi connectivity index (χ0n) is 16.0. The second-order valence-corrected chi connectivity index (χ2v) is 13.8. The lowest BCUT2D eigenvalue weighted by Gasteiger charge is -2.36. The first kappa shape index (κ1) is 21.4. The molecule has 136 valence electrons. The lowest BCUT2D eigenvalue weighted by atomic mass is 9.78. The van der Waals surface area contributed by atoms with Crippen molar-refractivity contribution >= 4 is 30.2 Å². The van der Waals surface area contributed by atoms with Gasteiger partial charge in [0.25, 0.3) is 0 Å². The minimum absolute atomic E-state index is 0.197. The second-order valence-electron chi connectivity index (χ2n) is 8.05. The molecule has 0 aromatic heterocycles. The van der Waals surface area contributed by atoms with Crippen LogP contribution in [0.1, 0.15) is 46.1 Å². The smallest absolute Gasteiger partial charge is 0.315 e. The molecule has 0 aliphatic heterocycles. The van der Waals surface area contributed by atoms with E-state index in [4.69, 9.17) is 9.16 Å². The van der Waals surface area contributed by atoms with Gasteiger partial charge in [-0.25, -0.2) is 0 Å². The number of esters is 1. The number of rotatable bonds is 7. The Kier molecular flexibility index (Phi) is 7.26. The SMILES string of the molecule is COC(=O)C(C)(CCCO[Si](C)(C)C(C)(C)C)c1cccc(Br)c1. The fourth-order valence-corrected chi connectivity index (χ4v) is 3.88. The summed E-state index contributed by atoms with van der Waals surface area (Å²) >= 11 is 3.48. The van der Waals surface area contributed by atoms with Crippen molar-refractivity contribution in [1.82, 2.24) is 0 Å². The Labute approximate surface area is 156 Å². The molecule has 0 radical (unpaired) electrons. The van der Waals surface area contributed by atoms with Crippen LogP contribution in [-0.4, -0.2) is 28.0 Å². The van der Waals surface area contributed by atoms with E-state index in [2.05, 4.69) is 49.8 Å². The Morgan fingerprint density at radius 1 is 1.21 bits per heavy atom. The monoisotopic (exact) mass is 414 g/mol. The first-order chi connectivity index (χ1) is 10.9. The van der Waals surface area contributed by atoms with Gasteiger partial charge in [0.2, 0.25) is 0 Å². The standard InChI is InChI=1S/C19H31BrO3Si/c1-18(2,3)24(6,7)23-13-9-12-19(4,17(21)22-5)15-10-8-11-16(20)14-15/h8,10-11,14H,9,12-13H2,1-7H3. The number of methoxy groups -OCH3 is 1. The van der Waals surface area contributed by atoms with Crippen LogP contribution in [0, 0.1) is 0 Å². The van der Waals surface area contributed by atoms with Crippen molar-refractivity contribution in [2.45, 2.75) is 64.1 Å². The van der Waals surface area contributed by atoms with Crippen molar-refractivity contribution in [2.75, 3.05) is 13.7 Å². The second kappa shape index (κ2) is 8.15. The van der Waals surface area contributed by atoms with E-state index in [-0.39, 0.29) is 11.0 Å². The molecule has 3 nitrogen and oxygen atoms in total. The summed E-state index contributed by atoms with van der Waals surface area (Å²) in [5.74, 6) is -0.201. The summed E-state index contributed by atoms with van der Waals surface area (Å²) in [6.07, 6.45) is 1.52. The van der Waals surface area contributed by atoms with Crippen LogP contribution < -0.4 is 0 Å². The molecule has 0 amide bonds. The lowest BCUT2D eigenvalue weighted by molar-refractivity contribution is -0.147. The third kappa shape index (κ3) is 5.17. The van der Waals surface area contributed by atoms with Gasteiger partial charge in [-0.05, 0) is 55.6 Å². The fraction of sp³-hybridized carbons (Fsp3) is 0.632. The highest BCUT2D eigenvalue weighted by atomic mass is 79.9. The van der Waals surface area contributed by atoms with Crippen LogP contribution in [0.25, 0.3) is 0 Å². The molecule has 24 heavy (non-hydrogen) atoms. The van der Waals surface area contributed by atoms with Crippen LogP contribution in [-0.2, 0) is 19.4 Å². The summed E-state index contributed by atoms with van der Waals surface area (Å²) in [5.41, 5.74) is 0.311. The minimum atomic E-state index is -1.75. The van der Waals surface area contributed by atoms with Gasteiger partial charge in [-0.15, -0.1) is 0 Å². The van der Waals surface area contributed by atoms with Crippen LogP contribution in [0.5, 0.6) is 0 Å². The van der Waals surface area contributed by atoms with Gasteiger partial charge in [0.15, 0.2) is 8.32 Å². The topological polar surface area (TPSA) is 35.5 Å². The molecule has 0 N–H and O–H groups in total. The number of hydrogen-bond acceptors (Lipinski definition) is 3. The Hall–Kier alpha value is -0.653.